The lowest BCUT2D eigenvalue weighted by Crippen LogP contribution is -2.34. The highest BCUT2D eigenvalue weighted by Crippen LogP contribution is 2.32. The summed E-state index contributed by atoms with van der Waals surface area (Å²) in [6.07, 6.45) is 1.62. The summed E-state index contributed by atoms with van der Waals surface area (Å²) in [5, 5.41) is 5.72. The van der Waals surface area contributed by atoms with E-state index in [-0.39, 0.29) is 17.9 Å². The maximum absolute atomic E-state index is 12.4. The minimum absolute atomic E-state index is 0.0446. The zero-order valence-corrected chi connectivity index (χ0v) is 14.4. The SMILES string of the molecule is CN(C)C(CNC(=O)c1ccc2c(c1)NC(=O)CS2)c1ccco1. The molecule has 0 bridgehead atoms. The first-order valence-corrected chi connectivity index (χ1v) is 8.58. The van der Waals surface area contributed by atoms with E-state index in [9.17, 15) is 9.59 Å². The lowest BCUT2D eigenvalue weighted by molar-refractivity contribution is -0.113. The number of likely N-dealkylation sites (N-methyl/N-ethyl adjacent to an activating group) is 1. The zero-order valence-electron chi connectivity index (χ0n) is 13.5. The topological polar surface area (TPSA) is 74.6 Å². The third kappa shape index (κ3) is 3.63. The average Bonchev–Trinajstić information content (AvgIpc) is 3.08. The number of amides is 2. The molecule has 2 amide bonds. The molecule has 1 aliphatic rings. The Hall–Kier alpha value is -2.25. The van der Waals surface area contributed by atoms with Gasteiger partial charge in [0.1, 0.15) is 5.76 Å². The molecule has 0 fully saturated rings. The second-order valence-corrected chi connectivity index (χ2v) is 6.77. The van der Waals surface area contributed by atoms with Gasteiger partial charge >= 0.3 is 0 Å². The van der Waals surface area contributed by atoms with Gasteiger partial charge in [-0.3, -0.25) is 14.5 Å². The van der Waals surface area contributed by atoms with Crippen LogP contribution in [0.5, 0.6) is 0 Å². The predicted molar refractivity (Wildman–Crippen MR) is 93.3 cm³/mol. The molecule has 1 unspecified atom stereocenters. The molecule has 1 aliphatic heterocycles. The van der Waals surface area contributed by atoms with Gasteiger partial charge in [-0.1, -0.05) is 0 Å². The molecule has 126 valence electrons. The van der Waals surface area contributed by atoms with Gasteiger partial charge in [0.15, 0.2) is 0 Å². The normalized spacial score (nSPS) is 14.9. The van der Waals surface area contributed by atoms with Gasteiger partial charge in [-0.05, 0) is 44.4 Å². The summed E-state index contributed by atoms with van der Waals surface area (Å²) in [6.45, 7) is 0.428. The average molecular weight is 345 g/mol. The van der Waals surface area contributed by atoms with Crippen molar-refractivity contribution >= 4 is 29.3 Å². The lowest BCUT2D eigenvalue weighted by Gasteiger charge is -2.23. The van der Waals surface area contributed by atoms with Crippen LogP contribution >= 0.6 is 11.8 Å². The molecule has 24 heavy (non-hydrogen) atoms. The summed E-state index contributed by atoms with van der Waals surface area (Å²) in [5.74, 6) is 0.984. The lowest BCUT2D eigenvalue weighted by atomic mass is 10.1. The Kier molecular flexibility index (Phi) is 4.92. The van der Waals surface area contributed by atoms with Crippen molar-refractivity contribution in [3.05, 3.63) is 47.9 Å². The number of nitrogens with one attached hydrogen (secondary N) is 2. The molecule has 2 N–H and O–H groups in total. The highest BCUT2D eigenvalue weighted by Gasteiger charge is 2.20. The molecule has 1 atom stereocenters. The molecule has 0 saturated carbocycles. The van der Waals surface area contributed by atoms with Crippen LogP contribution in [0.3, 0.4) is 0 Å². The van der Waals surface area contributed by atoms with Crippen LogP contribution < -0.4 is 10.6 Å². The van der Waals surface area contributed by atoms with Crippen LogP contribution in [-0.2, 0) is 4.79 Å². The fraction of sp³-hybridized carbons (Fsp3) is 0.294. The number of carbonyl (C=O) groups is 2. The highest BCUT2D eigenvalue weighted by molar-refractivity contribution is 8.00. The highest BCUT2D eigenvalue weighted by atomic mass is 32.2. The van der Waals surface area contributed by atoms with Crippen molar-refractivity contribution in [2.24, 2.45) is 0 Å². The maximum atomic E-state index is 12.4. The van der Waals surface area contributed by atoms with Crippen LogP contribution in [0, 0.1) is 0 Å². The predicted octanol–water partition coefficient (Wildman–Crippen LogP) is 2.36. The van der Waals surface area contributed by atoms with E-state index in [0.29, 0.717) is 23.5 Å². The van der Waals surface area contributed by atoms with E-state index >= 15 is 0 Å². The van der Waals surface area contributed by atoms with Gasteiger partial charge in [-0.2, -0.15) is 0 Å². The summed E-state index contributed by atoms with van der Waals surface area (Å²) in [7, 11) is 3.87. The smallest absolute Gasteiger partial charge is 0.251 e. The fourth-order valence-corrected chi connectivity index (χ4v) is 3.32. The first-order chi connectivity index (χ1) is 11.5. The van der Waals surface area contributed by atoms with E-state index in [1.165, 1.54) is 11.8 Å². The van der Waals surface area contributed by atoms with E-state index in [2.05, 4.69) is 10.6 Å². The molecule has 7 heteroatoms. The first-order valence-electron chi connectivity index (χ1n) is 7.59. The molecule has 0 spiro atoms. The van der Waals surface area contributed by atoms with Crippen molar-refractivity contribution < 1.29 is 14.0 Å². The van der Waals surface area contributed by atoms with Gasteiger partial charge in [-0.25, -0.2) is 0 Å². The number of anilines is 1. The number of thioether (sulfide) groups is 1. The van der Waals surface area contributed by atoms with Crippen LogP contribution in [0.15, 0.2) is 45.9 Å². The standard InChI is InChI=1S/C17H19N3O3S/c1-20(2)13(14-4-3-7-23-14)9-18-17(22)11-5-6-15-12(8-11)19-16(21)10-24-15/h3-8,13H,9-10H2,1-2H3,(H,18,22)(H,19,21). The molecule has 2 heterocycles. The Morgan fingerprint density at radius 3 is 2.96 bits per heavy atom. The van der Waals surface area contributed by atoms with Gasteiger partial charge in [-0.15, -0.1) is 11.8 Å². The van der Waals surface area contributed by atoms with Crippen LogP contribution in [0.25, 0.3) is 0 Å². The molecule has 0 saturated heterocycles. The molecule has 0 radical (unpaired) electrons. The number of carbonyl (C=O) groups excluding carboxylic acids is 2. The van der Waals surface area contributed by atoms with Gasteiger partial charge in [0.2, 0.25) is 5.91 Å². The van der Waals surface area contributed by atoms with Gasteiger partial charge in [0.25, 0.3) is 5.91 Å². The molecule has 0 aliphatic carbocycles. The molecule has 3 rings (SSSR count). The summed E-state index contributed by atoms with van der Waals surface area (Å²) in [4.78, 5) is 26.9. The first kappa shape index (κ1) is 16.6. The minimum Gasteiger partial charge on any atom is -0.468 e. The fourth-order valence-electron chi connectivity index (χ4n) is 2.53. The van der Waals surface area contributed by atoms with Crippen LogP contribution in [0.1, 0.15) is 22.2 Å². The minimum atomic E-state index is -0.180. The zero-order chi connectivity index (χ0) is 17.1. The van der Waals surface area contributed by atoms with E-state index in [4.69, 9.17) is 4.42 Å². The second kappa shape index (κ2) is 7.11. The monoisotopic (exact) mass is 345 g/mol. The van der Waals surface area contributed by atoms with Crippen molar-refractivity contribution in [2.45, 2.75) is 10.9 Å². The number of hydrogen-bond acceptors (Lipinski definition) is 5. The van der Waals surface area contributed by atoms with E-state index in [1.807, 2.05) is 37.2 Å². The molecular formula is C17H19N3O3S. The van der Waals surface area contributed by atoms with E-state index < -0.39 is 0 Å². The number of benzene rings is 1. The summed E-state index contributed by atoms with van der Waals surface area (Å²) in [5.41, 5.74) is 1.22. The molecule has 2 aromatic rings. The molecule has 6 nitrogen and oxygen atoms in total. The van der Waals surface area contributed by atoms with Gasteiger partial charge < -0.3 is 15.1 Å². The van der Waals surface area contributed by atoms with Gasteiger partial charge in [0, 0.05) is 17.0 Å². The Labute approximate surface area is 144 Å². The molecule has 1 aromatic heterocycles. The van der Waals surface area contributed by atoms with Crippen LogP contribution in [0.4, 0.5) is 5.69 Å². The van der Waals surface area contributed by atoms with Gasteiger partial charge in [0.05, 0.1) is 23.7 Å². The van der Waals surface area contributed by atoms with E-state index in [1.54, 1.807) is 18.4 Å². The number of rotatable bonds is 5. The number of furan rings is 1. The van der Waals surface area contributed by atoms with E-state index in [0.717, 1.165) is 10.7 Å². The Balaban J connectivity index is 1.68. The Morgan fingerprint density at radius 1 is 1.42 bits per heavy atom. The largest absolute Gasteiger partial charge is 0.468 e. The summed E-state index contributed by atoms with van der Waals surface area (Å²) >= 11 is 1.47. The Bertz CT molecular complexity index is 744. The number of fused-ring (bicyclic) bond motifs is 1. The maximum Gasteiger partial charge on any atom is 0.251 e. The number of hydrogen-bond donors (Lipinski definition) is 2. The third-order valence-electron chi connectivity index (χ3n) is 3.83. The number of nitrogens with zero attached hydrogens (tertiary/aromatic N) is 1. The quantitative estimate of drug-likeness (QED) is 0.870. The van der Waals surface area contributed by atoms with Crippen LogP contribution in [-0.4, -0.2) is 43.1 Å². The second-order valence-electron chi connectivity index (χ2n) is 5.75. The summed E-state index contributed by atoms with van der Waals surface area (Å²) < 4.78 is 5.44. The van der Waals surface area contributed by atoms with Crippen molar-refractivity contribution in [1.82, 2.24) is 10.2 Å². The van der Waals surface area contributed by atoms with Crippen LogP contribution in [0.2, 0.25) is 0 Å². The Morgan fingerprint density at radius 2 is 2.25 bits per heavy atom. The third-order valence-corrected chi connectivity index (χ3v) is 4.90. The van der Waals surface area contributed by atoms with Crippen molar-refractivity contribution in [3.8, 4) is 0 Å². The van der Waals surface area contributed by atoms with Crippen molar-refractivity contribution in [2.75, 3.05) is 31.7 Å². The molecule has 1 aromatic carbocycles. The van der Waals surface area contributed by atoms with Crippen molar-refractivity contribution in [3.63, 3.8) is 0 Å². The molecular weight excluding hydrogens is 326 g/mol. The summed E-state index contributed by atoms with van der Waals surface area (Å²) in [6, 6.07) is 9.03. The van der Waals surface area contributed by atoms with Crippen molar-refractivity contribution in [1.29, 1.82) is 0 Å².